The van der Waals surface area contributed by atoms with Crippen LogP contribution in [0.5, 0.6) is 0 Å². The zero-order chi connectivity index (χ0) is 13.9. The summed E-state index contributed by atoms with van der Waals surface area (Å²) in [6.07, 6.45) is 6.35. The first-order valence-corrected chi connectivity index (χ1v) is 7.99. The molecule has 0 bridgehead atoms. The molecule has 1 saturated carbocycles. The summed E-state index contributed by atoms with van der Waals surface area (Å²) in [5.41, 5.74) is 6.07. The molecular weight excluding hydrogens is 252 g/mol. The molecule has 1 aliphatic carbocycles. The zero-order valence-corrected chi connectivity index (χ0v) is 12.4. The lowest BCUT2D eigenvalue weighted by atomic mass is 9.89. The molecule has 2 fully saturated rings. The highest BCUT2D eigenvalue weighted by atomic mass is 16.5. The first-order valence-electron chi connectivity index (χ1n) is 7.99. The number of ether oxygens (including phenoxy) is 1. The van der Waals surface area contributed by atoms with Gasteiger partial charge in [-0.2, -0.15) is 0 Å². The Morgan fingerprint density at radius 1 is 1.35 bits per heavy atom. The molecule has 3 rings (SSSR count). The molecule has 0 aromatic carbocycles. The molecular formula is C16H26N2O2. The number of furan rings is 1. The minimum atomic E-state index is 0.199. The number of aryl methyl sites for hydroxylation is 1. The molecule has 1 aromatic heterocycles. The Hall–Kier alpha value is -0.840. The summed E-state index contributed by atoms with van der Waals surface area (Å²) in [5.74, 6) is 2.07. The Morgan fingerprint density at radius 3 is 2.95 bits per heavy atom. The average molecular weight is 278 g/mol. The summed E-state index contributed by atoms with van der Waals surface area (Å²) in [6.45, 7) is 4.51. The summed E-state index contributed by atoms with van der Waals surface area (Å²) < 4.78 is 11.9. The molecule has 4 heteroatoms. The minimum absolute atomic E-state index is 0.199. The maximum atomic E-state index is 6.07. The van der Waals surface area contributed by atoms with Gasteiger partial charge in [-0.1, -0.05) is 19.8 Å². The van der Waals surface area contributed by atoms with Gasteiger partial charge in [0.2, 0.25) is 0 Å². The summed E-state index contributed by atoms with van der Waals surface area (Å²) in [4.78, 5) is 2.53. The first kappa shape index (κ1) is 14.1. The Labute approximate surface area is 121 Å². The van der Waals surface area contributed by atoms with Crippen LogP contribution in [0.1, 0.15) is 50.2 Å². The zero-order valence-electron chi connectivity index (χ0n) is 12.4. The van der Waals surface area contributed by atoms with Crippen molar-refractivity contribution in [3.8, 4) is 0 Å². The molecule has 112 valence electrons. The smallest absolute Gasteiger partial charge is 0.122 e. The van der Waals surface area contributed by atoms with Gasteiger partial charge in [-0.05, 0) is 25.0 Å². The van der Waals surface area contributed by atoms with E-state index in [9.17, 15) is 0 Å². The van der Waals surface area contributed by atoms with Crippen molar-refractivity contribution in [3.63, 3.8) is 0 Å². The summed E-state index contributed by atoms with van der Waals surface area (Å²) >= 11 is 0. The molecule has 0 spiro atoms. The molecule has 3 atom stereocenters. The highest BCUT2D eigenvalue weighted by Gasteiger charge is 2.38. The third-order valence-corrected chi connectivity index (χ3v) is 4.76. The van der Waals surface area contributed by atoms with E-state index in [2.05, 4.69) is 24.0 Å². The van der Waals surface area contributed by atoms with Gasteiger partial charge in [-0.25, -0.2) is 0 Å². The second-order valence-electron chi connectivity index (χ2n) is 5.91. The van der Waals surface area contributed by atoms with Crippen LogP contribution in [0.3, 0.4) is 0 Å². The van der Waals surface area contributed by atoms with Crippen molar-refractivity contribution in [2.24, 2.45) is 5.73 Å². The highest BCUT2D eigenvalue weighted by molar-refractivity contribution is 5.12. The van der Waals surface area contributed by atoms with E-state index in [0.29, 0.717) is 18.7 Å². The Kier molecular flexibility index (Phi) is 4.44. The molecule has 2 aliphatic rings. The minimum Gasteiger partial charge on any atom is -0.464 e. The van der Waals surface area contributed by atoms with Crippen LogP contribution >= 0.6 is 0 Å². The Balaban J connectivity index is 1.80. The van der Waals surface area contributed by atoms with E-state index in [1.807, 2.05) is 0 Å². The largest absolute Gasteiger partial charge is 0.464 e. The van der Waals surface area contributed by atoms with Crippen LogP contribution in [-0.4, -0.2) is 36.7 Å². The Bertz CT molecular complexity index is 430. The van der Waals surface area contributed by atoms with Crippen molar-refractivity contribution < 1.29 is 9.15 Å². The van der Waals surface area contributed by atoms with Crippen LogP contribution in [0.4, 0.5) is 0 Å². The van der Waals surface area contributed by atoms with Crippen molar-refractivity contribution in [2.45, 2.75) is 57.2 Å². The second kappa shape index (κ2) is 6.29. The molecule has 3 unspecified atom stereocenters. The van der Waals surface area contributed by atoms with Gasteiger partial charge in [0.25, 0.3) is 0 Å². The molecule has 0 radical (unpaired) electrons. The normalized spacial score (nSPS) is 29.1. The van der Waals surface area contributed by atoms with E-state index in [-0.39, 0.29) is 6.04 Å². The van der Waals surface area contributed by atoms with Crippen molar-refractivity contribution >= 4 is 0 Å². The van der Waals surface area contributed by atoms with Gasteiger partial charge in [-0.3, -0.25) is 4.90 Å². The number of hydrogen-bond donors (Lipinski definition) is 1. The molecule has 2 N–H and O–H groups in total. The van der Waals surface area contributed by atoms with Crippen LogP contribution in [0, 0.1) is 0 Å². The van der Waals surface area contributed by atoms with E-state index in [1.165, 1.54) is 25.7 Å². The SMILES string of the molecule is CCc1ccc(C(CN)N2CCOC3CCCCC32)o1. The third-order valence-electron chi connectivity index (χ3n) is 4.76. The molecule has 2 heterocycles. The van der Waals surface area contributed by atoms with E-state index in [4.69, 9.17) is 14.9 Å². The van der Waals surface area contributed by atoms with Crippen molar-refractivity contribution in [3.05, 3.63) is 23.7 Å². The molecule has 4 nitrogen and oxygen atoms in total. The highest BCUT2D eigenvalue weighted by Crippen LogP contribution is 2.34. The predicted octanol–water partition coefficient (Wildman–Crippen LogP) is 2.49. The van der Waals surface area contributed by atoms with Gasteiger partial charge < -0.3 is 14.9 Å². The van der Waals surface area contributed by atoms with Gasteiger partial charge in [0, 0.05) is 25.6 Å². The third kappa shape index (κ3) is 2.65. The van der Waals surface area contributed by atoms with Gasteiger partial charge in [-0.15, -0.1) is 0 Å². The number of nitrogens with two attached hydrogens (primary N) is 1. The summed E-state index contributed by atoms with van der Waals surface area (Å²) in [6, 6.07) is 4.89. The quantitative estimate of drug-likeness (QED) is 0.919. The van der Waals surface area contributed by atoms with Crippen molar-refractivity contribution in [1.29, 1.82) is 0 Å². The fourth-order valence-electron chi connectivity index (χ4n) is 3.69. The van der Waals surface area contributed by atoms with Crippen LogP contribution in [-0.2, 0) is 11.2 Å². The van der Waals surface area contributed by atoms with Crippen molar-refractivity contribution in [1.82, 2.24) is 4.90 Å². The molecule has 1 saturated heterocycles. The van der Waals surface area contributed by atoms with E-state index < -0.39 is 0 Å². The van der Waals surface area contributed by atoms with Crippen molar-refractivity contribution in [2.75, 3.05) is 19.7 Å². The fraction of sp³-hybridized carbons (Fsp3) is 0.750. The first-order chi connectivity index (χ1) is 9.83. The standard InChI is InChI=1S/C16H26N2O2/c1-2-12-7-8-16(20-12)14(11-17)18-9-10-19-15-6-4-3-5-13(15)18/h7-8,13-15H,2-6,9-11,17H2,1H3. The summed E-state index contributed by atoms with van der Waals surface area (Å²) in [5, 5.41) is 0. The van der Waals surface area contributed by atoms with Gasteiger partial charge in [0.1, 0.15) is 11.5 Å². The van der Waals surface area contributed by atoms with Crippen LogP contribution in [0.25, 0.3) is 0 Å². The number of rotatable bonds is 4. The predicted molar refractivity (Wildman–Crippen MR) is 78.6 cm³/mol. The Morgan fingerprint density at radius 2 is 2.20 bits per heavy atom. The van der Waals surface area contributed by atoms with Crippen LogP contribution in [0.15, 0.2) is 16.5 Å². The number of morpholine rings is 1. The van der Waals surface area contributed by atoms with E-state index in [1.54, 1.807) is 0 Å². The van der Waals surface area contributed by atoms with Gasteiger partial charge in [0.05, 0.1) is 18.8 Å². The van der Waals surface area contributed by atoms with E-state index >= 15 is 0 Å². The van der Waals surface area contributed by atoms with Gasteiger partial charge in [0.15, 0.2) is 0 Å². The number of fused-ring (bicyclic) bond motifs is 1. The monoisotopic (exact) mass is 278 g/mol. The lowest BCUT2D eigenvalue weighted by molar-refractivity contribution is -0.104. The maximum absolute atomic E-state index is 6.07. The second-order valence-corrected chi connectivity index (χ2v) is 5.91. The van der Waals surface area contributed by atoms with Crippen LogP contribution < -0.4 is 5.73 Å². The average Bonchev–Trinajstić information content (AvgIpc) is 2.97. The molecule has 20 heavy (non-hydrogen) atoms. The van der Waals surface area contributed by atoms with E-state index in [0.717, 1.165) is 31.1 Å². The topological polar surface area (TPSA) is 51.6 Å². The van der Waals surface area contributed by atoms with Gasteiger partial charge >= 0.3 is 0 Å². The molecule has 0 amide bonds. The summed E-state index contributed by atoms with van der Waals surface area (Å²) in [7, 11) is 0. The lowest BCUT2D eigenvalue weighted by Crippen LogP contribution is -2.54. The number of nitrogens with zero attached hydrogens (tertiary/aromatic N) is 1. The fourth-order valence-corrected chi connectivity index (χ4v) is 3.69. The lowest BCUT2D eigenvalue weighted by Gasteiger charge is -2.46. The number of hydrogen-bond acceptors (Lipinski definition) is 4. The maximum Gasteiger partial charge on any atom is 0.122 e. The molecule has 1 aliphatic heterocycles. The van der Waals surface area contributed by atoms with Crippen LogP contribution in [0.2, 0.25) is 0 Å². The molecule has 1 aromatic rings.